The molecule has 1 aliphatic rings. The highest BCUT2D eigenvalue weighted by atomic mass is 79.9. The summed E-state index contributed by atoms with van der Waals surface area (Å²) in [6.45, 7) is -0.753. The molecule has 1 aliphatic heterocycles. The third-order valence-corrected chi connectivity index (χ3v) is 4.26. The fourth-order valence-corrected chi connectivity index (χ4v) is 2.97. The predicted molar refractivity (Wildman–Crippen MR) is 85.3 cm³/mol. The average molecular weight is 412 g/mol. The van der Waals surface area contributed by atoms with Crippen molar-refractivity contribution in [3.05, 3.63) is 69.2 Å². The predicted octanol–water partition coefficient (Wildman–Crippen LogP) is 3.95. The van der Waals surface area contributed by atoms with E-state index in [0.717, 1.165) is 12.1 Å². The summed E-state index contributed by atoms with van der Waals surface area (Å²) < 4.78 is 39.6. The first-order chi connectivity index (χ1) is 11.7. The molecule has 0 saturated heterocycles. The van der Waals surface area contributed by atoms with E-state index in [0.29, 0.717) is 4.90 Å². The number of rotatable bonds is 3. The number of imide groups is 1. The van der Waals surface area contributed by atoms with Crippen LogP contribution in [0.2, 0.25) is 0 Å². The van der Waals surface area contributed by atoms with E-state index in [1.54, 1.807) is 12.1 Å². The molecule has 0 bridgehead atoms. The second kappa shape index (κ2) is 6.11. The SMILES string of the molecule is O=C(CN1C(=O)c2ccccc2C1=O)c1ccc(Br)cc1C(F)(F)F. The maximum Gasteiger partial charge on any atom is 0.417 e. The van der Waals surface area contributed by atoms with Gasteiger partial charge in [0.25, 0.3) is 11.8 Å². The average Bonchev–Trinajstić information content (AvgIpc) is 2.79. The van der Waals surface area contributed by atoms with Gasteiger partial charge in [0.1, 0.15) is 0 Å². The third-order valence-electron chi connectivity index (χ3n) is 3.77. The number of ketones is 1. The van der Waals surface area contributed by atoms with Gasteiger partial charge in [0, 0.05) is 10.0 Å². The first kappa shape index (κ1) is 17.3. The van der Waals surface area contributed by atoms with Gasteiger partial charge in [0.2, 0.25) is 0 Å². The van der Waals surface area contributed by atoms with E-state index in [2.05, 4.69) is 15.9 Å². The molecule has 2 aromatic rings. The van der Waals surface area contributed by atoms with Crippen molar-refractivity contribution in [1.29, 1.82) is 0 Å². The molecule has 1 heterocycles. The molecule has 3 rings (SSSR count). The number of hydrogen-bond donors (Lipinski definition) is 0. The summed E-state index contributed by atoms with van der Waals surface area (Å²) in [5.74, 6) is -2.35. The summed E-state index contributed by atoms with van der Waals surface area (Å²) in [5, 5.41) is 0. The number of amides is 2. The fraction of sp³-hybridized carbons (Fsp3) is 0.118. The molecule has 0 radical (unpaired) electrons. The van der Waals surface area contributed by atoms with Crippen LogP contribution in [0.1, 0.15) is 36.6 Å². The molecule has 0 saturated carbocycles. The Kier molecular flexibility index (Phi) is 4.24. The van der Waals surface area contributed by atoms with Gasteiger partial charge >= 0.3 is 6.18 Å². The van der Waals surface area contributed by atoms with E-state index < -0.39 is 41.4 Å². The van der Waals surface area contributed by atoms with Gasteiger partial charge in [-0.25, -0.2) is 0 Å². The number of halogens is 4. The zero-order valence-corrected chi connectivity index (χ0v) is 14.0. The number of benzene rings is 2. The second-order valence-corrected chi connectivity index (χ2v) is 6.27. The van der Waals surface area contributed by atoms with Crippen molar-refractivity contribution in [2.24, 2.45) is 0 Å². The lowest BCUT2D eigenvalue weighted by Gasteiger charge is -2.16. The number of carbonyl (C=O) groups is 3. The van der Waals surface area contributed by atoms with E-state index in [9.17, 15) is 27.6 Å². The Morgan fingerprint density at radius 1 is 1.00 bits per heavy atom. The van der Waals surface area contributed by atoms with E-state index in [-0.39, 0.29) is 15.6 Å². The molecule has 128 valence electrons. The van der Waals surface area contributed by atoms with Crippen LogP contribution in [0.4, 0.5) is 13.2 Å². The number of carbonyl (C=O) groups excluding carboxylic acids is 3. The van der Waals surface area contributed by atoms with Crippen LogP contribution >= 0.6 is 15.9 Å². The summed E-state index contributed by atoms with van der Waals surface area (Å²) in [5.41, 5.74) is -1.45. The Morgan fingerprint density at radius 3 is 2.08 bits per heavy atom. The molecule has 0 fully saturated rings. The van der Waals surface area contributed by atoms with Crippen LogP contribution in [0.5, 0.6) is 0 Å². The van der Waals surface area contributed by atoms with Gasteiger partial charge in [-0.2, -0.15) is 13.2 Å². The van der Waals surface area contributed by atoms with Gasteiger partial charge in [0.05, 0.1) is 23.2 Å². The van der Waals surface area contributed by atoms with Crippen molar-refractivity contribution in [2.45, 2.75) is 6.18 Å². The van der Waals surface area contributed by atoms with Crippen molar-refractivity contribution >= 4 is 33.5 Å². The highest BCUT2D eigenvalue weighted by Gasteiger charge is 2.39. The van der Waals surface area contributed by atoms with E-state index in [4.69, 9.17) is 0 Å². The lowest BCUT2D eigenvalue weighted by molar-refractivity contribution is -0.138. The quantitative estimate of drug-likeness (QED) is 0.567. The highest BCUT2D eigenvalue weighted by molar-refractivity contribution is 9.10. The number of Topliss-reactive ketones (excluding diaryl/α,β-unsaturated/α-hetero) is 1. The molecular weight excluding hydrogens is 403 g/mol. The molecule has 0 atom stereocenters. The van der Waals surface area contributed by atoms with Gasteiger partial charge in [-0.15, -0.1) is 0 Å². The van der Waals surface area contributed by atoms with Crippen molar-refractivity contribution < 1.29 is 27.6 Å². The van der Waals surface area contributed by atoms with Crippen LogP contribution in [0, 0.1) is 0 Å². The van der Waals surface area contributed by atoms with Gasteiger partial charge < -0.3 is 0 Å². The number of hydrogen-bond acceptors (Lipinski definition) is 3. The number of fused-ring (bicyclic) bond motifs is 1. The molecule has 8 heteroatoms. The Hall–Kier alpha value is -2.48. The van der Waals surface area contributed by atoms with Crippen LogP contribution in [0.15, 0.2) is 46.9 Å². The largest absolute Gasteiger partial charge is 0.417 e. The Morgan fingerprint density at radius 2 is 1.56 bits per heavy atom. The minimum Gasteiger partial charge on any atom is -0.292 e. The van der Waals surface area contributed by atoms with Crippen LogP contribution in [-0.2, 0) is 6.18 Å². The summed E-state index contributed by atoms with van der Waals surface area (Å²) >= 11 is 2.93. The van der Waals surface area contributed by atoms with E-state index in [1.165, 1.54) is 18.2 Å². The zero-order valence-electron chi connectivity index (χ0n) is 12.4. The molecular formula is C17H9BrF3NO3. The third kappa shape index (κ3) is 3.09. The summed E-state index contributed by atoms with van der Waals surface area (Å²) in [4.78, 5) is 37.5. The maximum atomic E-state index is 13.2. The topological polar surface area (TPSA) is 54.5 Å². The molecule has 25 heavy (non-hydrogen) atoms. The standard InChI is InChI=1S/C17H9BrF3NO3/c18-9-5-6-12(13(7-9)17(19,20)21)14(23)8-22-15(24)10-3-1-2-4-11(10)16(22)25/h1-7H,8H2. The van der Waals surface area contributed by atoms with E-state index in [1.807, 2.05) is 0 Å². The van der Waals surface area contributed by atoms with Crippen molar-refractivity contribution in [3.63, 3.8) is 0 Å². The van der Waals surface area contributed by atoms with E-state index >= 15 is 0 Å². The van der Waals surface area contributed by atoms with Crippen molar-refractivity contribution in [1.82, 2.24) is 4.90 Å². The molecule has 2 aromatic carbocycles. The summed E-state index contributed by atoms with van der Waals surface area (Å²) in [6.07, 6.45) is -4.74. The summed E-state index contributed by atoms with van der Waals surface area (Å²) in [7, 11) is 0. The number of alkyl halides is 3. The molecule has 0 unspecified atom stereocenters. The molecule has 4 nitrogen and oxygen atoms in total. The van der Waals surface area contributed by atoms with Crippen molar-refractivity contribution in [3.8, 4) is 0 Å². The van der Waals surface area contributed by atoms with Crippen LogP contribution < -0.4 is 0 Å². The van der Waals surface area contributed by atoms with Crippen molar-refractivity contribution in [2.75, 3.05) is 6.54 Å². The zero-order chi connectivity index (χ0) is 18.4. The van der Waals surface area contributed by atoms with Crippen LogP contribution in [0.3, 0.4) is 0 Å². The highest BCUT2D eigenvalue weighted by Crippen LogP contribution is 2.34. The maximum absolute atomic E-state index is 13.2. The Balaban J connectivity index is 1.92. The fourth-order valence-electron chi connectivity index (χ4n) is 2.61. The minimum absolute atomic E-state index is 0.132. The smallest absolute Gasteiger partial charge is 0.292 e. The molecule has 0 aliphatic carbocycles. The minimum atomic E-state index is -4.74. The molecule has 2 amide bonds. The lowest BCUT2D eigenvalue weighted by atomic mass is 10.0. The van der Waals surface area contributed by atoms with Crippen LogP contribution in [-0.4, -0.2) is 29.0 Å². The summed E-state index contributed by atoms with van der Waals surface area (Å²) in [6, 6.07) is 9.09. The Labute approximate surface area is 148 Å². The normalized spacial score (nSPS) is 14.0. The van der Waals surface area contributed by atoms with Gasteiger partial charge in [-0.3, -0.25) is 19.3 Å². The number of nitrogens with zero attached hydrogens (tertiary/aromatic N) is 1. The van der Waals surface area contributed by atoms with Crippen LogP contribution in [0.25, 0.3) is 0 Å². The lowest BCUT2D eigenvalue weighted by Crippen LogP contribution is -2.35. The molecule has 0 N–H and O–H groups in total. The molecule has 0 spiro atoms. The first-order valence-electron chi connectivity index (χ1n) is 7.05. The van der Waals surface area contributed by atoms with Gasteiger partial charge in [-0.05, 0) is 30.3 Å². The first-order valence-corrected chi connectivity index (χ1v) is 7.84. The molecule has 0 aromatic heterocycles. The second-order valence-electron chi connectivity index (χ2n) is 5.35. The van der Waals surface area contributed by atoms with Gasteiger partial charge in [-0.1, -0.05) is 28.1 Å². The monoisotopic (exact) mass is 411 g/mol. The van der Waals surface area contributed by atoms with Gasteiger partial charge in [0.15, 0.2) is 5.78 Å². The Bertz CT molecular complexity index is 873.